The summed E-state index contributed by atoms with van der Waals surface area (Å²) in [5, 5.41) is 3.05. The molecule has 176 valence electrons. The molecule has 4 aromatic rings. The van der Waals surface area contributed by atoms with Crippen LogP contribution in [-0.2, 0) is 0 Å². The topological polar surface area (TPSA) is 57.8 Å². The highest BCUT2D eigenvalue weighted by molar-refractivity contribution is 6.19. The van der Waals surface area contributed by atoms with Crippen molar-refractivity contribution in [2.45, 2.75) is 5.92 Å². The third-order valence-electron chi connectivity index (χ3n) is 6.41. The lowest BCUT2D eigenvalue weighted by Gasteiger charge is -2.18. The van der Waals surface area contributed by atoms with E-state index in [0.717, 1.165) is 51.0 Å². The maximum absolute atomic E-state index is 13.7. The Morgan fingerprint density at radius 1 is 1.15 bits per heavy atom. The number of hydrogen-bond donors (Lipinski definition) is 1. The van der Waals surface area contributed by atoms with Crippen LogP contribution >= 0.6 is 11.6 Å². The molecule has 1 atom stereocenters. The van der Waals surface area contributed by atoms with Gasteiger partial charge in [-0.05, 0) is 49.3 Å². The lowest BCUT2D eigenvalue weighted by molar-refractivity contribution is 0.0984. The standard InChI is InChI=1S/C27H28ClN3O3/c1-30(2)10-11-34-19-8-9-22-17(12-19)13-23(29-22)27(32)31-16-18(15-28)26-21-7-5-4-6-20(21)25(33-3)14-24(26)31/h4-9,12-14,18,29H,10-11,15-16H2,1-3H3/t18-/m1/s1. The molecule has 1 amide bonds. The van der Waals surface area contributed by atoms with Gasteiger partial charge < -0.3 is 24.3 Å². The van der Waals surface area contributed by atoms with E-state index in [1.54, 1.807) is 7.11 Å². The number of fused-ring (bicyclic) bond motifs is 4. The summed E-state index contributed by atoms with van der Waals surface area (Å²) in [5.74, 6) is 1.94. The maximum Gasteiger partial charge on any atom is 0.274 e. The number of carbonyl (C=O) groups excluding carboxylic acids is 1. The molecule has 0 bridgehead atoms. The van der Waals surface area contributed by atoms with Crippen molar-refractivity contribution in [3.63, 3.8) is 0 Å². The number of likely N-dealkylation sites (N-methyl/N-ethyl adjacent to an activating group) is 1. The molecule has 1 aliphatic heterocycles. The molecule has 0 unspecified atom stereocenters. The molecule has 0 saturated carbocycles. The van der Waals surface area contributed by atoms with Crippen molar-refractivity contribution in [1.29, 1.82) is 0 Å². The van der Waals surface area contributed by atoms with Crippen LogP contribution in [0, 0.1) is 0 Å². The SMILES string of the molecule is COc1cc2c(c3ccccc13)[C@H](CCl)CN2C(=O)c1cc2cc(OCCN(C)C)ccc2[nH]1. The predicted molar refractivity (Wildman–Crippen MR) is 138 cm³/mol. The Balaban J connectivity index is 1.49. The summed E-state index contributed by atoms with van der Waals surface area (Å²) in [6.45, 7) is 1.97. The van der Waals surface area contributed by atoms with Crippen LogP contribution in [0.4, 0.5) is 5.69 Å². The molecule has 7 heteroatoms. The molecular weight excluding hydrogens is 450 g/mol. The van der Waals surface area contributed by atoms with E-state index >= 15 is 0 Å². The number of nitrogens with one attached hydrogen (secondary N) is 1. The number of ether oxygens (including phenoxy) is 2. The van der Waals surface area contributed by atoms with Gasteiger partial charge in [0.2, 0.25) is 0 Å². The summed E-state index contributed by atoms with van der Waals surface area (Å²) in [6, 6.07) is 17.8. The smallest absolute Gasteiger partial charge is 0.274 e. The Morgan fingerprint density at radius 3 is 2.68 bits per heavy atom. The fraction of sp³-hybridized carbons (Fsp3) is 0.296. The van der Waals surface area contributed by atoms with E-state index in [9.17, 15) is 4.79 Å². The van der Waals surface area contributed by atoms with Crippen LogP contribution < -0.4 is 14.4 Å². The number of nitrogens with zero attached hydrogens (tertiary/aromatic N) is 2. The van der Waals surface area contributed by atoms with Gasteiger partial charge in [0, 0.05) is 47.2 Å². The molecule has 3 aromatic carbocycles. The number of alkyl halides is 1. The van der Waals surface area contributed by atoms with Gasteiger partial charge in [0.05, 0.1) is 12.8 Å². The fourth-order valence-electron chi connectivity index (χ4n) is 4.71. The number of anilines is 1. The monoisotopic (exact) mass is 477 g/mol. The Bertz CT molecular complexity index is 1360. The molecule has 5 rings (SSSR count). The molecule has 0 fully saturated rings. The Labute approximate surface area is 204 Å². The lowest BCUT2D eigenvalue weighted by atomic mass is 9.95. The molecule has 0 aliphatic carbocycles. The Kier molecular flexibility index (Phi) is 6.11. The highest BCUT2D eigenvalue weighted by Crippen LogP contribution is 2.46. The van der Waals surface area contributed by atoms with Crippen molar-refractivity contribution >= 4 is 44.9 Å². The summed E-state index contributed by atoms with van der Waals surface area (Å²) in [5.41, 5.74) is 3.39. The number of benzene rings is 3. The zero-order valence-corrected chi connectivity index (χ0v) is 20.4. The summed E-state index contributed by atoms with van der Waals surface area (Å²) in [6.07, 6.45) is 0. The van der Waals surface area contributed by atoms with Gasteiger partial charge in [-0.15, -0.1) is 11.6 Å². The summed E-state index contributed by atoms with van der Waals surface area (Å²) in [4.78, 5) is 20.9. The molecule has 1 aromatic heterocycles. The van der Waals surface area contributed by atoms with Gasteiger partial charge in [-0.3, -0.25) is 4.79 Å². The second-order valence-corrected chi connectivity index (χ2v) is 9.22. The van der Waals surface area contributed by atoms with Crippen LogP contribution in [0.1, 0.15) is 22.0 Å². The van der Waals surface area contributed by atoms with Crippen molar-refractivity contribution in [1.82, 2.24) is 9.88 Å². The summed E-state index contributed by atoms with van der Waals surface area (Å²) < 4.78 is 11.5. The van der Waals surface area contributed by atoms with Gasteiger partial charge in [0.1, 0.15) is 23.8 Å². The molecule has 1 aliphatic rings. The minimum atomic E-state index is -0.0857. The number of amides is 1. The predicted octanol–water partition coefficient (Wildman–Crippen LogP) is 5.25. The van der Waals surface area contributed by atoms with Crippen LogP contribution in [0.25, 0.3) is 21.7 Å². The van der Waals surface area contributed by atoms with E-state index in [4.69, 9.17) is 21.1 Å². The number of rotatable bonds is 7. The number of methoxy groups -OCH3 is 1. The minimum Gasteiger partial charge on any atom is -0.496 e. The van der Waals surface area contributed by atoms with E-state index in [1.165, 1.54) is 0 Å². The van der Waals surface area contributed by atoms with Crippen LogP contribution in [0.2, 0.25) is 0 Å². The van der Waals surface area contributed by atoms with Crippen LogP contribution in [0.3, 0.4) is 0 Å². The third kappa shape index (κ3) is 3.97. The van der Waals surface area contributed by atoms with Gasteiger partial charge in [-0.1, -0.05) is 24.3 Å². The molecule has 34 heavy (non-hydrogen) atoms. The van der Waals surface area contributed by atoms with E-state index in [0.29, 0.717) is 24.7 Å². The number of hydrogen-bond acceptors (Lipinski definition) is 4. The molecule has 0 saturated heterocycles. The van der Waals surface area contributed by atoms with Crippen molar-refractivity contribution in [3.8, 4) is 11.5 Å². The zero-order valence-electron chi connectivity index (χ0n) is 19.6. The van der Waals surface area contributed by atoms with Crippen molar-refractivity contribution < 1.29 is 14.3 Å². The average molecular weight is 478 g/mol. The maximum atomic E-state index is 13.7. The van der Waals surface area contributed by atoms with Crippen molar-refractivity contribution in [2.24, 2.45) is 0 Å². The average Bonchev–Trinajstić information content (AvgIpc) is 3.44. The highest BCUT2D eigenvalue weighted by atomic mass is 35.5. The lowest BCUT2D eigenvalue weighted by Crippen LogP contribution is -2.30. The van der Waals surface area contributed by atoms with Gasteiger partial charge in [0.25, 0.3) is 5.91 Å². The van der Waals surface area contributed by atoms with Crippen LogP contribution in [0.15, 0.2) is 54.6 Å². The molecule has 6 nitrogen and oxygen atoms in total. The molecule has 2 heterocycles. The van der Waals surface area contributed by atoms with E-state index < -0.39 is 0 Å². The quantitative estimate of drug-likeness (QED) is 0.369. The number of aromatic amines is 1. The largest absolute Gasteiger partial charge is 0.496 e. The second-order valence-electron chi connectivity index (χ2n) is 8.91. The molecule has 0 radical (unpaired) electrons. The van der Waals surface area contributed by atoms with Gasteiger partial charge in [-0.2, -0.15) is 0 Å². The first kappa shape index (κ1) is 22.6. The first-order valence-corrected chi connectivity index (χ1v) is 11.9. The molecule has 1 N–H and O–H groups in total. The first-order chi connectivity index (χ1) is 16.5. The summed E-state index contributed by atoms with van der Waals surface area (Å²) in [7, 11) is 5.69. The molecular formula is C27H28ClN3O3. The van der Waals surface area contributed by atoms with E-state index in [1.807, 2.05) is 67.5 Å². The summed E-state index contributed by atoms with van der Waals surface area (Å²) >= 11 is 6.37. The number of H-pyrrole nitrogens is 1. The Morgan fingerprint density at radius 2 is 1.94 bits per heavy atom. The second kappa shape index (κ2) is 9.20. The number of halogens is 1. The highest BCUT2D eigenvalue weighted by Gasteiger charge is 2.35. The van der Waals surface area contributed by atoms with E-state index in [-0.39, 0.29) is 11.8 Å². The van der Waals surface area contributed by atoms with E-state index in [2.05, 4.69) is 16.0 Å². The Hall–Kier alpha value is -3.22. The third-order valence-corrected chi connectivity index (χ3v) is 6.78. The van der Waals surface area contributed by atoms with Crippen molar-refractivity contribution in [3.05, 3.63) is 65.9 Å². The number of carbonyl (C=O) groups is 1. The van der Waals surface area contributed by atoms with Crippen LogP contribution in [0.5, 0.6) is 11.5 Å². The first-order valence-electron chi connectivity index (χ1n) is 11.4. The normalized spacial score (nSPS) is 15.3. The van der Waals surface area contributed by atoms with Crippen molar-refractivity contribution in [2.75, 3.05) is 51.7 Å². The fourth-order valence-corrected chi connectivity index (χ4v) is 4.96. The van der Waals surface area contributed by atoms with Gasteiger partial charge >= 0.3 is 0 Å². The zero-order chi connectivity index (χ0) is 23.8. The molecule has 0 spiro atoms. The minimum absolute atomic E-state index is 0.0532. The van der Waals surface area contributed by atoms with Crippen LogP contribution in [-0.4, -0.2) is 62.6 Å². The van der Waals surface area contributed by atoms with Gasteiger partial charge in [-0.25, -0.2) is 0 Å². The number of aromatic nitrogens is 1. The van der Waals surface area contributed by atoms with Gasteiger partial charge in [0.15, 0.2) is 0 Å².